The van der Waals surface area contributed by atoms with Crippen LogP contribution in [0.3, 0.4) is 0 Å². The summed E-state index contributed by atoms with van der Waals surface area (Å²) in [6.07, 6.45) is 1.85. The van der Waals surface area contributed by atoms with Gasteiger partial charge in [-0.25, -0.2) is 0 Å². The van der Waals surface area contributed by atoms with E-state index in [1.54, 1.807) is 0 Å². The van der Waals surface area contributed by atoms with Crippen LogP contribution in [0.1, 0.15) is 5.69 Å². The molecule has 0 atom stereocenters. The summed E-state index contributed by atoms with van der Waals surface area (Å²) >= 11 is 5.61. The van der Waals surface area contributed by atoms with Gasteiger partial charge in [0.15, 0.2) is 0 Å². The van der Waals surface area contributed by atoms with Gasteiger partial charge < -0.3 is 0 Å². The first-order valence-electron chi connectivity index (χ1n) is 2.48. The van der Waals surface area contributed by atoms with Crippen molar-refractivity contribution in [1.82, 2.24) is 4.98 Å². The van der Waals surface area contributed by atoms with Crippen LogP contribution in [0.2, 0.25) is 0 Å². The fourth-order valence-corrected chi connectivity index (χ4v) is 1.71. The van der Waals surface area contributed by atoms with E-state index in [9.17, 15) is 0 Å². The van der Waals surface area contributed by atoms with Crippen molar-refractivity contribution in [3.63, 3.8) is 0 Å². The number of halogens is 2. The molecule has 1 aromatic heterocycles. The van der Waals surface area contributed by atoms with Gasteiger partial charge in [0.1, 0.15) is 0 Å². The molecule has 0 aliphatic carbocycles. The quantitative estimate of drug-likeness (QED) is 0.671. The highest BCUT2D eigenvalue weighted by atomic mass is 127. The van der Waals surface area contributed by atoms with Crippen molar-refractivity contribution in [2.75, 3.05) is 0 Å². The van der Waals surface area contributed by atoms with Crippen molar-refractivity contribution in [2.24, 2.45) is 0 Å². The smallest absolute Gasteiger partial charge is 0.0515 e. The first-order chi connectivity index (χ1) is 4.20. The lowest BCUT2D eigenvalue weighted by Crippen LogP contribution is -1.82. The lowest BCUT2D eigenvalue weighted by molar-refractivity contribution is 1.17. The summed E-state index contributed by atoms with van der Waals surface area (Å²) in [6.45, 7) is 1.97. The van der Waals surface area contributed by atoms with Crippen molar-refractivity contribution in [1.29, 1.82) is 0 Å². The van der Waals surface area contributed by atoms with Crippen molar-refractivity contribution in [3.8, 4) is 0 Å². The van der Waals surface area contributed by atoms with E-state index in [1.807, 2.05) is 19.2 Å². The lowest BCUT2D eigenvalue weighted by atomic mass is 10.4. The molecule has 0 saturated heterocycles. The topological polar surface area (TPSA) is 12.9 Å². The Morgan fingerprint density at radius 2 is 2.33 bits per heavy atom. The largest absolute Gasteiger partial charge is 0.259 e. The number of hydrogen-bond donors (Lipinski definition) is 0. The predicted octanol–water partition coefficient (Wildman–Crippen LogP) is 2.76. The molecule has 0 aromatic carbocycles. The number of hydrogen-bond acceptors (Lipinski definition) is 1. The molecule has 1 nitrogen and oxygen atoms in total. The Hall–Kier alpha value is 0.360. The molecule has 9 heavy (non-hydrogen) atoms. The maximum atomic E-state index is 4.12. The molecule has 0 aliphatic heterocycles. The standard InChI is InChI=1S/C6H5BrIN/c1-4-6(7)2-5(8)3-9-4/h2-3H,1H3. The maximum Gasteiger partial charge on any atom is 0.0515 e. The van der Waals surface area contributed by atoms with Gasteiger partial charge in [-0.3, -0.25) is 4.98 Å². The van der Waals surface area contributed by atoms with E-state index >= 15 is 0 Å². The summed E-state index contributed by atoms with van der Waals surface area (Å²) in [5.74, 6) is 0. The third kappa shape index (κ3) is 1.89. The van der Waals surface area contributed by atoms with Gasteiger partial charge in [0.25, 0.3) is 0 Å². The average molecular weight is 298 g/mol. The second kappa shape index (κ2) is 2.96. The van der Waals surface area contributed by atoms with Gasteiger partial charge >= 0.3 is 0 Å². The minimum absolute atomic E-state index is 1.04. The SMILES string of the molecule is Cc1ncc(I)cc1Br. The third-order valence-corrected chi connectivity index (χ3v) is 2.38. The van der Waals surface area contributed by atoms with Crippen LogP contribution in [0.15, 0.2) is 16.7 Å². The highest BCUT2D eigenvalue weighted by Gasteiger charge is 1.93. The van der Waals surface area contributed by atoms with Crippen molar-refractivity contribution in [2.45, 2.75) is 6.92 Å². The minimum atomic E-state index is 1.04. The normalized spacial score (nSPS) is 9.67. The summed E-state index contributed by atoms with van der Waals surface area (Å²) in [5.41, 5.74) is 1.04. The number of aryl methyl sites for hydroxylation is 1. The number of pyridine rings is 1. The van der Waals surface area contributed by atoms with Gasteiger partial charge in [-0.05, 0) is 51.5 Å². The summed E-state index contributed by atoms with van der Waals surface area (Å²) in [7, 11) is 0. The molecule has 0 spiro atoms. The van der Waals surface area contributed by atoms with Crippen LogP contribution < -0.4 is 0 Å². The Labute approximate surface area is 76.1 Å². The van der Waals surface area contributed by atoms with E-state index in [2.05, 4.69) is 43.5 Å². The Kier molecular flexibility index (Phi) is 2.46. The monoisotopic (exact) mass is 297 g/mol. The zero-order valence-electron chi connectivity index (χ0n) is 4.86. The molecular weight excluding hydrogens is 293 g/mol. The Morgan fingerprint density at radius 1 is 1.67 bits per heavy atom. The molecule has 0 radical (unpaired) electrons. The number of nitrogens with zero attached hydrogens (tertiary/aromatic N) is 1. The van der Waals surface area contributed by atoms with E-state index < -0.39 is 0 Å². The summed E-state index contributed by atoms with van der Waals surface area (Å²) < 4.78 is 2.24. The molecule has 1 aromatic rings. The maximum absolute atomic E-state index is 4.12. The zero-order chi connectivity index (χ0) is 6.85. The first kappa shape index (κ1) is 7.47. The van der Waals surface area contributed by atoms with Crippen LogP contribution in [-0.2, 0) is 0 Å². The van der Waals surface area contributed by atoms with Gasteiger partial charge in [-0.2, -0.15) is 0 Å². The van der Waals surface area contributed by atoms with Crippen LogP contribution in [0, 0.1) is 10.5 Å². The molecule has 0 amide bonds. The van der Waals surface area contributed by atoms with E-state index in [4.69, 9.17) is 0 Å². The highest BCUT2D eigenvalue weighted by molar-refractivity contribution is 14.1. The molecule has 0 bridgehead atoms. The molecule has 1 rings (SSSR count). The predicted molar refractivity (Wildman–Crippen MR) is 49.4 cm³/mol. The van der Waals surface area contributed by atoms with Crippen LogP contribution >= 0.6 is 38.5 Å². The molecule has 3 heteroatoms. The van der Waals surface area contributed by atoms with Crippen LogP contribution in [0.4, 0.5) is 0 Å². The highest BCUT2D eigenvalue weighted by Crippen LogP contribution is 2.15. The van der Waals surface area contributed by atoms with Crippen molar-refractivity contribution in [3.05, 3.63) is 26.0 Å². The van der Waals surface area contributed by atoms with Crippen LogP contribution in [0.5, 0.6) is 0 Å². The third-order valence-electron chi connectivity index (χ3n) is 0.992. The van der Waals surface area contributed by atoms with Crippen molar-refractivity contribution < 1.29 is 0 Å². The Balaban J connectivity index is 3.17. The van der Waals surface area contributed by atoms with Crippen LogP contribution in [0.25, 0.3) is 0 Å². The Morgan fingerprint density at radius 3 is 2.78 bits per heavy atom. The number of rotatable bonds is 0. The first-order valence-corrected chi connectivity index (χ1v) is 4.35. The fraction of sp³-hybridized carbons (Fsp3) is 0.167. The summed E-state index contributed by atoms with van der Waals surface area (Å²) in [4.78, 5) is 4.12. The minimum Gasteiger partial charge on any atom is -0.259 e. The Bertz CT molecular complexity index is 224. The lowest BCUT2D eigenvalue weighted by Gasteiger charge is -1.94. The van der Waals surface area contributed by atoms with E-state index in [-0.39, 0.29) is 0 Å². The fourth-order valence-electron chi connectivity index (χ4n) is 0.483. The molecule has 48 valence electrons. The van der Waals surface area contributed by atoms with Gasteiger partial charge in [-0.1, -0.05) is 0 Å². The molecule has 1 heterocycles. The average Bonchev–Trinajstić information content (AvgIpc) is 1.80. The van der Waals surface area contributed by atoms with Gasteiger partial charge in [0.2, 0.25) is 0 Å². The van der Waals surface area contributed by atoms with Gasteiger partial charge in [0, 0.05) is 14.2 Å². The molecule has 0 N–H and O–H groups in total. The van der Waals surface area contributed by atoms with Gasteiger partial charge in [-0.15, -0.1) is 0 Å². The second-order valence-corrected chi connectivity index (χ2v) is 3.82. The summed E-state index contributed by atoms with van der Waals surface area (Å²) in [6, 6.07) is 2.04. The van der Waals surface area contributed by atoms with Gasteiger partial charge in [0.05, 0.1) is 5.69 Å². The molecule has 0 unspecified atom stereocenters. The number of aromatic nitrogens is 1. The van der Waals surface area contributed by atoms with Crippen LogP contribution in [-0.4, -0.2) is 4.98 Å². The summed E-state index contributed by atoms with van der Waals surface area (Å²) in [5, 5.41) is 0. The zero-order valence-corrected chi connectivity index (χ0v) is 8.60. The molecule has 0 fully saturated rings. The molecule has 0 aliphatic rings. The second-order valence-electron chi connectivity index (χ2n) is 1.72. The molecular formula is C6H5BrIN. The molecule has 0 saturated carbocycles. The van der Waals surface area contributed by atoms with E-state index in [0.717, 1.165) is 13.7 Å². The van der Waals surface area contributed by atoms with E-state index in [0.29, 0.717) is 0 Å². The van der Waals surface area contributed by atoms with E-state index in [1.165, 1.54) is 0 Å². The van der Waals surface area contributed by atoms with Crippen molar-refractivity contribution >= 4 is 38.5 Å².